The van der Waals surface area contributed by atoms with Gasteiger partial charge in [-0.3, -0.25) is 0 Å². The van der Waals surface area contributed by atoms with Crippen LogP contribution in [0.1, 0.15) is 18.9 Å². The number of halogens is 2. The molecule has 0 spiro atoms. The lowest BCUT2D eigenvalue weighted by atomic mass is 10.1. The Balaban J connectivity index is 1.87. The molecule has 0 aliphatic carbocycles. The van der Waals surface area contributed by atoms with Crippen LogP contribution in [0.2, 0.25) is 10.0 Å². The molecule has 1 aliphatic rings. The zero-order valence-electron chi connectivity index (χ0n) is 12.3. The second-order valence-corrected chi connectivity index (χ2v) is 10.0. The Hall–Kier alpha value is -0.290. The first-order valence-corrected chi connectivity index (χ1v) is 9.90. The van der Waals surface area contributed by atoms with Crippen LogP contribution in [0.25, 0.3) is 0 Å². The summed E-state index contributed by atoms with van der Waals surface area (Å²) in [5, 5.41) is 2.11. The highest BCUT2D eigenvalue weighted by molar-refractivity contribution is 8.19. The first-order valence-electron chi connectivity index (χ1n) is 7.28. The molecule has 0 saturated carbocycles. The highest BCUT2D eigenvalue weighted by Gasteiger charge is 2.37. The first kappa shape index (κ1) is 16.6. The Bertz CT molecular complexity index is 633. The van der Waals surface area contributed by atoms with Gasteiger partial charge < -0.3 is 4.57 Å². The molecule has 0 N–H and O–H groups in total. The Morgan fingerprint density at radius 1 is 1.41 bits per heavy atom. The van der Waals surface area contributed by atoms with E-state index in [0.717, 1.165) is 18.0 Å². The topological polar surface area (TPSA) is 17.8 Å². The zero-order valence-corrected chi connectivity index (χ0v) is 15.5. The average molecular weight is 373 g/mol. The summed E-state index contributed by atoms with van der Waals surface area (Å²) in [5.41, 5.74) is 1.17. The van der Waals surface area contributed by atoms with Crippen LogP contribution < -0.4 is 0 Å². The van der Waals surface area contributed by atoms with E-state index in [1.165, 1.54) is 17.7 Å². The minimum absolute atomic E-state index is 0.0931. The third kappa shape index (κ3) is 3.97. The molecule has 2 unspecified atom stereocenters. The van der Waals surface area contributed by atoms with Crippen LogP contribution in [0.15, 0.2) is 36.9 Å². The van der Waals surface area contributed by atoms with E-state index in [1.807, 2.05) is 42.6 Å². The van der Waals surface area contributed by atoms with E-state index in [0.29, 0.717) is 10.3 Å². The Kier molecular flexibility index (Phi) is 5.33. The van der Waals surface area contributed by atoms with Gasteiger partial charge in [-0.2, -0.15) is 0 Å². The minimum atomic E-state index is 0.0931. The lowest BCUT2D eigenvalue weighted by molar-refractivity contribution is 0.613. The fourth-order valence-electron chi connectivity index (χ4n) is 2.72. The number of hydrogen-bond donors (Lipinski definition) is 0. The number of rotatable bonds is 4. The molecule has 1 aliphatic heterocycles. The standard InChI is InChI=1S/C16H18Cl2N2S2/c1-12-4-7-21-16(22-12,10-20-6-5-19-11-20)9-13-2-3-14(17)8-15(13)18/h2-3,5-6,8,11-12H,4,7,9-10H2,1H3. The highest BCUT2D eigenvalue weighted by atomic mass is 35.5. The first-order chi connectivity index (χ1) is 10.6. The van der Waals surface area contributed by atoms with Gasteiger partial charge in [-0.1, -0.05) is 36.2 Å². The summed E-state index contributed by atoms with van der Waals surface area (Å²) < 4.78 is 2.26. The zero-order chi connectivity index (χ0) is 15.6. The third-order valence-electron chi connectivity index (χ3n) is 3.76. The molecule has 3 rings (SSSR count). The second kappa shape index (κ2) is 7.08. The molecule has 2 atom stereocenters. The van der Waals surface area contributed by atoms with E-state index in [-0.39, 0.29) is 4.08 Å². The van der Waals surface area contributed by atoms with Crippen LogP contribution in [-0.4, -0.2) is 24.6 Å². The summed E-state index contributed by atoms with van der Waals surface area (Å²) >= 11 is 16.5. The van der Waals surface area contributed by atoms with Crippen LogP contribution in [0, 0.1) is 0 Å². The number of aromatic nitrogens is 2. The van der Waals surface area contributed by atoms with E-state index in [1.54, 1.807) is 0 Å². The molecule has 22 heavy (non-hydrogen) atoms. The largest absolute Gasteiger partial charge is 0.335 e. The van der Waals surface area contributed by atoms with Crippen LogP contribution in [0.5, 0.6) is 0 Å². The van der Waals surface area contributed by atoms with Crippen LogP contribution >= 0.6 is 46.7 Å². The molecule has 0 radical (unpaired) electrons. The van der Waals surface area contributed by atoms with Gasteiger partial charge in [0.05, 0.1) is 10.4 Å². The second-order valence-electron chi connectivity index (χ2n) is 5.62. The van der Waals surface area contributed by atoms with Crippen molar-refractivity contribution < 1.29 is 0 Å². The van der Waals surface area contributed by atoms with Crippen molar-refractivity contribution in [1.29, 1.82) is 0 Å². The van der Waals surface area contributed by atoms with Gasteiger partial charge in [0, 0.05) is 34.2 Å². The van der Waals surface area contributed by atoms with Gasteiger partial charge in [-0.05, 0) is 36.3 Å². The number of benzene rings is 1. The Morgan fingerprint density at radius 2 is 2.27 bits per heavy atom. The fourth-order valence-corrected chi connectivity index (χ4v) is 7.13. The van der Waals surface area contributed by atoms with E-state index in [9.17, 15) is 0 Å². The summed E-state index contributed by atoms with van der Waals surface area (Å²) in [5.74, 6) is 1.19. The van der Waals surface area contributed by atoms with Crippen LogP contribution in [0.4, 0.5) is 0 Å². The van der Waals surface area contributed by atoms with Gasteiger partial charge in [0.1, 0.15) is 0 Å². The Labute approximate surface area is 150 Å². The van der Waals surface area contributed by atoms with Gasteiger partial charge in [0.25, 0.3) is 0 Å². The van der Waals surface area contributed by atoms with Crippen molar-refractivity contribution in [2.24, 2.45) is 0 Å². The third-order valence-corrected chi connectivity index (χ3v) is 7.57. The number of imidazole rings is 1. The van der Waals surface area contributed by atoms with Crippen LogP contribution in [0.3, 0.4) is 0 Å². The van der Waals surface area contributed by atoms with Gasteiger partial charge in [0.15, 0.2) is 0 Å². The molecule has 1 aromatic heterocycles. The van der Waals surface area contributed by atoms with Gasteiger partial charge >= 0.3 is 0 Å². The SMILES string of the molecule is CC1CCSC(Cc2ccc(Cl)cc2Cl)(Cn2ccnc2)S1. The predicted octanol–water partition coefficient (Wildman–Crippen LogP) is 5.39. The van der Waals surface area contributed by atoms with Gasteiger partial charge in [-0.15, -0.1) is 23.5 Å². The molecule has 0 bridgehead atoms. The molecule has 118 valence electrons. The minimum Gasteiger partial charge on any atom is -0.335 e. The molecular weight excluding hydrogens is 355 g/mol. The van der Waals surface area contributed by atoms with Crippen LogP contribution in [-0.2, 0) is 13.0 Å². The summed E-state index contributed by atoms with van der Waals surface area (Å²) in [6.45, 7) is 3.25. The molecule has 0 amide bonds. The van der Waals surface area contributed by atoms with E-state index in [4.69, 9.17) is 23.2 Å². The predicted molar refractivity (Wildman–Crippen MR) is 99.3 cm³/mol. The van der Waals surface area contributed by atoms with E-state index in [2.05, 4.69) is 34.3 Å². The molecule has 1 fully saturated rings. The van der Waals surface area contributed by atoms with E-state index < -0.39 is 0 Å². The van der Waals surface area contributed by atoms with Gasteiger partial charge in [-0.25, -0.2) is 4.98 Å². The molecule has 1 aromatic carbocycles. The molecule has 6 heteroatoms. The number of thioether (sulfide) groups is 2. The molecule has 2 nitrogen and oxygen atoms in total. The van der Waals surface area contributed by atoms with Crippen molar-refractivity contribution in [2.75, 3.05) is 5.75 Å². The molecular formula is C16H18Cl2N2S2. The summed E-state index contributed by atoms with van der Waals surface area (Å²) in [4.78, 5) is 4.17. The monoisotopic (exact) mass is 372 g/mol. The van der Waals surface area contributed by atoms with Crippen molar-refractivity contribution in [3.63, 3.8) is 0 Å². The van der Waals surface area contributed by atoms with Crippen molar-refractivity contribution in [2.45, 2.75) is 35.6 Å². The number of nitrogens with zero attached hydrogens (tertiary/aromatic N) is 2. The smallest absolute Gasteiger partial charge is 0.0946 e. The summed E-state index contributed by atoms with van der Waals surface area (Å²) in [6, 6.07) is 5.82. The summed E-state index contributed by atoms with van der Waals surface area (Å²) in [6.07, 6.45) is 7.96. The normalized spacial score (nSPS) is 25.3. The maximum absolute atomic E-state index is 6.41. The lowest BCUT2D eigenvalue weighted by Gasteiger charge is -2.39. The quantitative estimate of drug-likeness (QED) is 0.716. The number of hydrogen-bond acceptors (Lipinski definition) is 3. The maximum Gasteiger partial charge on any atom is 0.0946 e. The van der Waals surface area contributed by atoms with Crippen molar-refractivity contribution in [3.8, 4) is 0 Å². The van der Waals surface area contributed by atoms with Crippen molar-refractivity contribution in [1.82, 2.24) is 9.55 Å². The summed E-state index contributed by atoms with van der Waals surface area (Å²) in [7, 11) is 0. The van der Waals surface area contributed by atoms with E-state index >= 15 is 0 Å². The fraction of sp³-hybridized carbons (Fsp3) is 0.438. The lowest BCUT2D eigenvalue weighted by Crippen LogP contribution is -2.35. The Morgan fingerprint density at radius 3 is 2.95 bits per heavy atom. The molecule has 2 heterocycles. The molecule has 1 saturated heterocycles. The van der Waals surface area contributed by atoms with Crippen molar-refractivity contribution in [3.05, 3.63) is 52.5 Å². The average Bonchev–Trinajstić information content (AvgIpc) is 2.95. The van der Waals surface area contributed by atoms with Gasteiger partial charge in [0.2, 0.25) is 0 Å². The van der Waals surface area contributed by atoms with Crippen molar-refractivity contribution >= 4 is 46.7 Å². The molecule has 2 aromatic rings. The highest BCUT2D eigenvalue weighted by Crippen LogP contribution is 2.49. The maximum atomic E-state index is 6.41.